The molecule has 1 fully saturated rings. The molecular weight excluding hydrogens is 164 g/mol. The standard InChI is InChI=1S/C8H13F2NO/c9-8(10)2-5-11-4-1-7(11)3-6-12/h6-8H,1-5H2. The largest absolute Gasteiger partial charge is 0.303 e. The van der Waals surface area contributed by atoms with E-state index < -0.39 is 6.43 Å². The van der Waals surface area contributed by atoms with E-state index in [0.717, 1.165) is 19.3 Å². The van der Waals surface area contributed by atoms with Crippen LogP contribution in [0.5, 0.6) is 0 Å². The van der Waals surface area contributed by atoms with Crippen LogP contribution in [0.4, 0.5) is 8.78 Å². The maximum atomic E-state index is 11.8. The highest BCUT2D eigenvalue weighted by Crippen LogP contribution is 2.20. The third-order valence-electron chi connectivity index (χ3n) is 2.27. The second-order valence-corrected chi connectivity index (χ2v) is 3.06. The van der Waals surface area contributed by atoms with Crippen molar-refractivity contribution < 1.29 is 13.6 Å². The highest BCUT2D eigenvalue weighted by molar-refractivity contribution is 5.50. The molecule has 1 rings (SSSR count). The van der Waals surface area contributed by atoms with Crippen LogP contribution in [0.15, 0.2) is 0 Å². The number of hydrogen-bond donors (Lipinski definition) is 0. The maximum Gasteiger partial charge on any atom is 0.239 e. The second kappa shape index (κ2) is 4.50. The molecule has 12 heavy (non-hydrogen) atoms. The van der Waals surface area contributed by atoms with Gasteiger partial charge in [-0.05, 0) is 13.0 Å². The molecule has 0 aromatic heterocycles. The summed E-state index contributed by atoms with van der Waals surface area (Å²) in [5.74, 6) is 0. The maximum absolute atomic E-state index is 11.8. The Morgan fingerprint density at radius 3 is 2.75 bits per heavy atom. The SMILES string of the molecule is O=CCC1CCN1CCC(F)F. The Kier molecular flexibility index (Phi) is 3.59. The summed E-state index contributed by atoms with van der Waals surface area (Å²) in [6.07, 6.45) is 0.0299. The van der Waals surface area contributed by atoms with Gasteiger partial charge in [-0.2, -0.15) is 0 Å². The smallest absolute Gasteiger partial charge is 0.239 e. The average Bonchev–Trinajstić information content (AvgIpc) is 1.98. The topological polar surface area (TPSA) is 20.3 Å². The first-order valence-corrected chi connectivity index (χ1v) is 4.20. The summed E-state index contributed by atoms with van der Waals surface area (Å²) < 4.78 is 23.5. The van der Waals surface area contributed by atoms with Crippen LogP contribution in [0.1, 0.15) is 19.3 Å². The molecule has 0 N–H and O–H groups in total. The monoisotopic (exact) mass is 177 g/mol. The van der Waals surface area contributed by atoms with Crippen molar-refractivity contribution in [2.24, 2.45) is 0 Å². The lowest BCUT2D eigenvalue weighted by molar-refractivity contribution is -0.110. The predicted molar refractivity (Wildman–Crippen MR) is 41.3 cm³/mol. The van der Waals surface area contributed by atoms with E-state index in [0.29, 0.717) is 13.0 Å². The van der Waals surface area contributed by atoms with Gasteiger partial charge in [-0.3, -0.25) is 4.90 Å². The minimum Gasteiger partial charge on any atom is -0.303 e. The molecule has 0 bridgehead atoms. The zero-order valence-corrected chi connectivity index (χ0v) is 6.88. The summed E-state index contributed by atoms with van der Waals surface area (Å²) in [6.45, 7) is 1.29. The van der Waals surface area contributed by atoms with Crippen molar-refractivity contribution in [1.82, 2.24) is 4.90 Å². The van der Waals surface area contributed by atoms with Crippen LogP contribution in [0.3, 0.4) is 0 Å². The Morgan fingerprint density at radius 1 is 1.58 bits per heavy atom. The first-order chi connectivity index (χ1) is 5.74. The van der Waals surface area contributed by atoms with Gasteiger partial charge in [0, 0.05) is 25.4 Å². The van der Waals surface area contributed by atoms with Crippen molar-refractivity contribution in [1.29, 1.82) is 0 Å². The van der Waals surface area contributed by atoms with Gasteiger partial charge in [0.05, 0.1) is 0 Å². The van der Waals surface area contributed by atoms with Gasteiger partial charge in [0.2, 0.25) is 6.43 Å². The molecule has 0 aliphatic carbocycles. The number of aldehydes is 1. The number of rotatable bonds is 5. The summed E-state index contributed by atoms with van der Waals surface area (Å²) in [5.41, 5.74) is 0. The molecule has 0 radical (unpaired) electrons. The fraction of sp³-hybridized carbons (Fsp3) is 0.875. The van der Waals surface area contributed by atoms with Gasteiger partial charge in [-0.1, -0.05) is 0 Å². The number of carbonyl (C=O) groups is 1. The number of halogens is 2. The summed E-state index contributed by atoms with van der Waals surface area (Å²) in [5, 5.41) is 0. The van der Waals surface area contributed by atoms with Gasteiger partial charge in [0.25, 0.3) is 0 Å². The minimum atomic E-state index is -2.22. The molecule has 1 unspecified atom stereocenters. The summed E-state index contributed by atoms with van der Waals surface area (Å²) in [7, 11) is 0. The first-order valence-electron chi connectivity index (χ1n) is 4.20. The molecule has 0 spiro atoms. The molecule has 2 nitrogen and oxygen atoms in total. The molecule has 1 saturated heterocycles. The van der Waals surface area contributed by atoms with E-state index in [-0.39, 0.29) is 12.5 Å². The summed E-state index contributed by atoms with van der Waals surface area (Å²) in [4.78, 5) is 12.1. The van der Waals surface area contributed by atoms with Crippen molar-refractivity contribution in [3.05, 3.63) is 0 Å². The van der Waals surface area contributed by atoms with Crippen LogP contribution < -0.4 is 0 Å². The summed E-state index contributed by atoms with van der Waals surface area (Å²) >= 11 is 0. The van der Waals surface area contributed by atoms with Crippen molar-refractivity contribution in [2.75, 3.05) is 13.1 Å². The molecule has 70 valence electrons. The fourth-order valence-corrected chi connectivity index (χ4v) is 1.43. The van der Waals surface area contributed by atoms with E-state index >= 15 is 0 Å². The highest BCUT2D eigenvalue weighted by Gasteiger charge is 2.27. The average molecular weight is 177 g/mol. The van der Waals surface area contributed by atoms with Gasteiger partial charge < -0.3 is 4.79 Å². The molecule has 4 heteroatoms. The molecule has 0 aromatic rings. The van der Waals surface area contributed by atoms with E-state index in [9.17, 15) is 13.6 Å². The van der Waals surface area contributed by atoms with Crippen molar-refractivity contribution in [2.45, 2.75) is 31.7 Å². The molecule has 0 amide bonds. The van der Waals surface area contributed by atoms with E-state index in [1.54, 1.807) is 0 Å². The van der Waals surface area contributed by atoms with Crippen molar-refractivity contribution in [3.8, 4) is 0 Å². The van der Waals surface area contributed by atoms with Gasteiger partial charge >= 0.3 is 0 Å². The van der Waals surface area contributed by atoms with E-state index in [2.05, 4.69) is 0 Å². The predicted octanol–water partition coefficient (Wildman–Crippen LogP) is 1.30. The zero-order chi connectivity index (χ0) is 8.97. The Morgan fingerprint density at radius 2 is 2.33 bits per heavy atom. The third-order valence-corrected chi connectivity index (χ3v) is 2.27. The van der Waals surface area contributed by atoms with Crippen molar-refractivity contribution in [3.63, 3.8) is 0 Å². The van der Waals surface area contributed by atoms with E-state index in [4.69, 9.17) is 0 Å². The number of hydrogen-bond acceptors (Lipinski definition) is 2. The van der Waals surface area contributed by atoms with Gasteiger partial charge in [-0.25, -0.2) is 8.78 Å². The number of nitrogens with zero attached hydrogens (tertiary/aromatic N) is 1. The Labute approximate surface area is 70.5 Å². The molecule has 1 aliphatic heterocycles. The van der Waals surface area contributed by atoms with Crippen LogP contribution in [0, 0.1) is 0 Å². The lowest BCUT2D eigenvalue weighted by Gasteiger charge is -2.40. The van der Waals surface area contributed by atoms with Gasteiger partial charge in [-0.15, -0.1) is 0 Å². The van der Waals surface area contributed by atoms with E-state index in [1.807, 2.05) is 4.90 Å². The number of likely N-dealkylation sites (tertiary alicyclic amines) is 1. The zero-order valence-electron chi connectivity index (χ0n) is 6.88. The third kappa shape index (κ3) is 2.52. The molecule has 1 atom stereocenters. The van der Waals surface area contributed by atoms with Crippen LogP contribution in [-0.4, -0.2) is 36.7 Å². The van der Waals surface area contributed by atoms with Crippen molar-refractivity contribution >= 4 is 6.29 Å². The lowest BCUT2D eigenvalue weighted by Crippen LogP contribution is -2.48. The van der Waals surface area contributed by atoms with Gasteiger partial charge in [0.15, 0.2) is 0 Å². The molecule has 0 aromatic carbocycles. The molecule has 1 aliphatic rings. The quantitative estimate of drug-likeness (QED) is 0.590. The van der Waals surface area contributed by atoms with Gasteiger partial charge in [0.1, 0.15) is 6.29 Å². The molecule has 1 heterocycles. The highest BCUT2D eigenvalue weighted by atomic mass is 19.3. The normalized spacial score (nSPS) is 24.1. The van der Waals surface area contributed by atoms with Crippen LogP contribution in [0.2, 0.25) is 0 Å². The number of alkyl halides is 2. The van der Waals surface area contributed by atoms with Crippen LogP contribution in [-0.2, 0) is 4.79 Å². The Balaban J connectivity index is 2.12. The van der Waals surface area contributed by atoms with Crippen LogP contribution in [0.25, 0.3) is 0 Å². The second-order valence-electron chi connectivity index (χ2n) is 3.06. The Hall–Kier alpha value is -0.510. The number of carbonyl (C=O) groups excluding carboxylic acids is 1. The van der Waals surface area contributed by atoms with Crippen LogP contribution >= 0.6 is 0 Å². The summed E-state index contributed by atoms with van der Waals surface area (Å²) in [6, 6.07) is 0.237. The Bertz CT molecular complexity index is 152. The lowest BCUT2D eigenvalue weighted by atomic mass is 10.0. The molecule has 0 saturated carbocycles. The fourth-order valence-electron chi connectivity index (χ4n) is 1.43. The first kappa shape index (κ1) is 9.58. The minimum absolute atomic E-state index is 0.0741. The van der Waals surface area contributed by atoms with E-state index in [1.165, 1.54) is 0 Å². The molecular formula is C8H13F2NO.